The van der Waals surface area contributed by atoms with Gasteiger partial charge in [0, 0.05) is 25.0 Å². The van der Waals surface area contributed by atoms with Gasteiger partial charge < -0.3 is 15.0 Å². The van der Waals surface area contributed by atoms with Gasteiger partial charge in [0.2, 0.25) is 0 Å². The second-order valence-corrected chi connectivity index (χ2v) is 5.42. The predicted octanol–water partition coefficient (Wildman–Crippen LogP) is 2.04. The quantitative estimate of drug-likeness (QED) is 0.934. The van der Waals surface area contributed by atoms with Gasteiger partial charge in [-0.2, -0.15) is 0 Å². The lowest BCUT2D eigenvalue weighted by Gasteiger charge is -2.23. The smallest absolute Gasteiger partial charge is 0.260 e. The van der Waals surface area contributed by atoms with E-state index in [4.69, 9.17) is 4.74 Å². The molecule has 1 aliphatic rings. The lowest BCUT2D eigenvalue weighted by molar-refractivity contribution is -0.133. The molecule has 4 nitrogen and oxygen atoms in total. The minimum atomic E-state index is 0.0247. The van der Waals surface area contributed by atoms with Gasteiger partial charge in [-0.25, -0.2) is 0 Å². The number of likely N-dealkylation sites (N-methyl/N-ethyl adjacent to an activating group) is 1. The summed E-state index contributed by atoms with van der Waals surface area (Å²) in [6.07, 6.45) is 1.01. The molecular formula is C17H20N2O2. The number of hydrogen-bond donors (Lipinski definition) is 1. The fourth-order valence-corrected chi connectivity index (χ4v) is 2.74. The van der Waals surface area contributed by atoms with E-state index in [1.165, 1.54) is 0 Å². The number of carbonyl (C=O) groups is 1. The molecule has 1 heterocycles. The van der Waals surface area contributed by atoms with Gasteiger partial charge >= 0.3 is 0 Å². The first-order valence-electron chi connectivity index (χ1n) is 7.32. The first-order valence-corrected chi connectivity index (χ1v) is 7.32. The van der Waals surface area contributed by atoms with Crippen LogP contribution in [0.1, 0.15) is 6.42 Å². The van der Waals surface area contributed by atoms with Crippen LogP contribution in [0.25, 0.3) is 10.8 Å². The summed E-state index contributed by atoms with van der Waals surface area (Å²) in [5, 5.41) is 5.43. The third-order valence-electron chi connectivity index (χ3n) is 4.08. The van der Waals surface area contributed by atoms with Crippen molar-refractivity contribution < 1.29 is 9.53 Å². The van der Waals surface area contributed by atoms with Crippen molar-refractivity contribution in [2.24, 2.45) is 0 Å². The molecule has 1 saturated heterocycles. The van der Waals surface area contributed by atoms with Crippen LogP contribution in [-0.4, -0.2) is 43.6 Å². The monoisotopic (exact) mass is 284 g/mol. The average molecular weight is 284 g/mol. The van der Waals surface area contributed by atoms with Crippen molar-refractivity contribution in [2.75, 3.05) is 26.7 Å². The Morgan fingerprint density at radius 2 is 2.10 bits per heavy atom. The van der Waals surface area contributed by atoms with E-state index in [1.54, 1.807) is 4.90 Å². The Hall–Kier alpha value is -2.07. The summed E-state index contributed by atoms with van der Waals surface area (Å²) in [7, 11) is 1.85. The normalized spacial score (nSPS) is 17.9. The van der Waals surface area contributed by atoms with Crippen molar-refractivity contribution in [1.29, 1.82) is 0 Å². The third-order valence-corrected chi connectivity index (χ3v) is 4.08. The largest absolute Gasteiger partial charge is 0.483 e. The highest BCUT2D eigenvalue weighted by atomic mass is 16.5. The first-order chi connectivity index (χ1) is 10.3. The summed E-state index contributed by atoms with van der Waals surface area (Å²) < 4.78 is 5.75. The summed E-state index contributed by atoms with van der Waals surface area (Å²) in [6.45, 7) is 1.93. The Bertz CT molecular complexity index is 630. The van der Waals surface area contributed by atoms with Gasteiger partial charge in [-0.1, -0.05) is 36.4 Å². The predicted molar refractivity (Wildman–Crippen MR) is 83.5 cm³/mol. The van der Waals surface area contributed by atoms with E-state index < -0.39 is 0 Å². The number of hydrogen-bond acceptors (Lipinski definition) is 3. The highest BCUT2D eigenvalue weighted by Crippen LogP contribution is 2.25. The summed E-state index contributed by atoms with van der Waals surface area (Å²) >= 11 is 0. The number of rotatable bonds is 4. The number of amides is 1. The Labute approximate surface area is 124 Å². The summed E-state index contributed by atoms with van der Waals surface area (Å²) in [5.41, 5.74) is 0. The van der Waals surface area contributed by atoms with E-state index >= 15 is 0 Å². The zero-order chi connectivity index (χ0) is 14.7. The molecule has 4 heteroatoms. The number of benzene rings is 2. The maximum absolute atomic E-state index is 12.2. The van der Waals surface area contributed by atoms with Crippen molar-refractivity contribution >= 4 is 16.7 Å². The molecule has 0 aromatic heterocycles. The van der Waals surface area contributed by atoms with Crippen molar-refractivity contribution in [3.63, 3.8) is 0 Å². The van der Waals surface area contributed by atoms with E-state index in [0.717, 1.165) is 36.0 Å². The van der Waals surface area contributed by atoms with Crippen molar-refractivity contribution in [1.82, 2.24) is 10.2 Å². The van der Waals surface area contributed by atoms with Crippen LogP contribution in [0.3, 0.4) is 0 Å². The molecule has 0 bridgehead atoms. The Morgan fingerprint density at radius 1 is 1.29 bits per heavy atom. The Morgan fingerprint density at radius 3 is 2.90 bits per heavy atom. The summed E-state index contributed by atoms with van der Waals surface area (Å²) in [5.74, 6) is 0.788. The van der Waals surface area contributed by atoms with Crippen LogP contribution in [0.5, 0.6) is 5.75 Å². The van der Waals surface area contributed by atoms with Gasteiger partial charge in [0.15, 0.2) is 6.61 Å². The molecule has 1 aliphatic heterocycles. The van der Waals surface area contributed by atoms with Crippen LogP contribution in [0, 0.1) is 0 Å². The molecule has 1 N–H and O–H groups in total. The zero-order valence-electron chi connectivity index (χ0n) is 12.2. The van der Waals surface area contributed by atoms with E-state index in [1.807, 2.05) is 49.5 Å². The Balaban J connectivity index is 1.67. The molecule has 0 spiro atoms. The highest BCUT2D eigenvalue weighted by molar-refractivity contribution is 5.88. The van der Waals surface area contributed by atoms with E-state index in [-0.39, 0.29) is 18.6 Å². The molecule has 0 aliphatic carbocycles. The molecule has 0 saturated carbocycles. The molecule has 0 radical (unpaired) electrons. The average Bonchev–Trinajstić information content (AvgIpc) is 3.06. The molecule has 2 aromatic carbocycles. The minimum absolute atomic E-state index is 0.0247. The van der Waals surface area contributed by atoms with Gasteiger partial charge in [0.25, 0.3) is 5.91 Å². The molecule has 1 fully saturated rings. The second-order valence-electron chi connectivity index (χ2n) is 5.42. The summed E-state index contributed by atoms with van der Waals surface area (Å²) in [4.78, 5) is 14.0. The molecule has 1 unspecified atom stereocenters. The third kappa shape index (κ3) is 3.00. The minimum Gasteiger partial charge on any atom is -0.483 e. The molecule has 1 atom stereocenters. The zero-order valence-corrected chi connectivity index (χ0v) is 12.2. The van der Waals surface area contributed by atoms with Gasteiger partial charge in [-0.3, -0.25) is 4.79 Å². The van der Waals surface area contributed by atoms with Crippen LogP contribution in [0.15, 0.2) is 42.5 Å². The van der Waals surface area contributed by atoms with Crippen LogP contribution in [-0.2, 0) is 4.79 Å². The number of nitrogens with zero attached hydrogens (tertiary/aromatic N) is 1. The fraction of sp³-hybridized carbons (Fsp3) is 0.353. The standard InChI is InChI=1S/C17H20N2O2/c1-19(14-9-10-18-11-14)17(20)12-21-16-8-4-6-13-5-2-3-7-15(13)16/h2-8,14,18H,9-12H2,1H3. The Kier molecular flexibility index (Phi) is 4.06. The number of ether oxygens (including phenoxy) is 1. The number of fused-ring (bicyclic) bond motifs is 1. The first kappa shape index (κ1) is 13.9. The van der Waals surface area contributed by atoms with Crippen molar-refractivity contribution in [3.8, 4) is 5.75 Å². The maximum Gasteiger partial charge on any atom is 0.260 e. The van der Waals surface area contributed by atoms with Crippen LogP contribution >= 0.6 is 0 Å². The topological polar surface area (TPSA) is 41.6 Å². The van der Waals surface area contributed by atoms with Gasteiger partial charge in [-0.05, 0) is 24.4 Å². The fourth-order valence-electron chi connectivity index (χ4n) is 2.74. The lowest BCUT2D eigenvalue weighted by atomic mass is 10.1. The van der Waals surface area contributed by atoms with Gasteiger partial charge in [0.1, 0.15) is 5.75 Å². The molecular weight excluding hydrogens is 264 g/mol. The number of carbonyl (C=O) groups excluding carboxylic acids is 1. The maximum atomic E-state index is 12.2. The van der Waals surface area contributed by atoms with Crippen molar-refractivity contribution in [3.05, 3.63) is 42.5 Å². The SMILES string of the molecule is CN(C(=O)COc1cccc2ccccc12)C1CCNC1. The number of nitrogens with one attached hydrogen (secondary N) is 1. The van der Waals surface area contributed by atoms with E-state index in [2.05, 4.69) is 5.32 Å². The molecule has 1 amide bonds. The van der Waals surface area contributed by atoms with E-state index in [9.17, 15) is 4.79 Å². The highest BCUT2D eigenvalue weighted by Gasteiger charge is 2.23. The lowest BCUT2D eigenvalue weighted by Crippen LogP contribution is -2.40. The molecule has 21 heavy (non-hydrogen) atoms. The van der Waals surface area contributed by atoms with Crippen LogP contribution in [0.2, 0.25) is 0 Å². The van der Waals surface area contributed by atoms with Crippen LogP contribution in [0.4, 0.5) is 0 Å². The summed E-state index contributed by atoms with van der Waals surface area (Å²) in [6, 6.07) is 14.2. The van der Waals surface area contributed by atoms with E-state index in [0.29, 0.717) is 0 Å². The van der Waals surface area contributed by atoms with Crippen molar-refractivity contribution in [2.45, 2.75) is 12.5 Å². The molecule has 110 valence electrons. The van der Waals surface area contributed by atoms with Gasteiger partial charge in [0.05, 0.1) is 0 Å². The second kappa shape index (κ2) is 6.14. The van der Waals surface area contributed by atoms with Gasteiger partial charge in [-0.15, -0.1) is 0 Å². The molecule has 2 aromatic rings. The van der Waals surface area contributed by atoms with Crippen LogP contribution < -0.4 is 10.1 Å². The molecule has 3 rings (SSSR count).